The van der Waals surface area contributed by atoms with Crippen LogP contribution in [0.5, 0.6) is 5.75 Å². The molecule has 0 fully saturated rings. The van der Waals surface area contributed by atoms with Gasteiger partial charge in [-0.15, -0.1) is 0 Å². The molecule has 0 amide bonds. The van der Waals surface area contributed by atoms with Crippen LogP contribution < -0.4 is 10.4 Å². The molecule has 1 unspecified atom stereocenters. The van der Waals surface area contributed by atoms with Crippen molar-refractivity contribution in [2.24, 2.45) is 5.92 Å². The van der Waals surface area contributed by atoms with Crippen molar-refractivity contribution in [1.29, 1.82) is 0 Å². The van der Waals surface area contributed by atoms with E-state index in [-0.39, 0.29) is 11.7 Å². The second-order valence-electron chi connectivity index (χ2n) is 7.15. The Morgan fingerprint density at radius 1 is 1.30 bits per heavy atom. The fourth-order valence-corrected chi connectivity index (χ4v) is 2.69. The van der Waals surface area contributed by atoms with E-state index in [2.05, 4.69) is 0 Å². The van der Waals surface area contributed by atoms with Crippen molar-refractivity contribution in [3.8, 4) is 5.75 Å². The third kappa shape index (κ3) is 4.67. The first-order chi connectivity index (χ1) is 12.6. The molecule has 2 N–H and O–H groups in total. The monoisotopic (exact) mass is 378 g/mol. The zero-order chi connectivity index (χ0) is 20.4. The smallest absolute Gasteiger partial charge is 0.336 e. The highest BCUT2D eigenvalue weighted by atomic mass is 16.6. The van der Waals surface area contributed by atoms with E-state index in [1.807, 2.05) is 6.92 Å². The highest BCUT2D eigenvalue weighted by Crippen LogP contribution is 2.36. The van der Waals surface area contributed by atoms with Gasteiger partial charge in [0.25, 0.3) is 0 Å². The van der Waals surface area contributed by atoms with Crippen molar-refractivity contribution >= 4 is 16.9 Å². The summed E-state index contributed by atoms with van der Waals surface area (Å²) in [5, 5.41) is 22.0. The Morgan fingerprint density at radius 2 is 1.96 bits per heavy atom. The van der Waals surface area contributed by atoms with E-state index in [1.165, 1.54) is 33.1 Å². The van der Waals surface area contributed by atoms with Crippen molar-refractivity contribution < 1.29 is 28.9 Å². The molecule has 27 heavy (non-hydrogen) atoms. The summed E-state index contributed by atoms with van der Waals surface area (Å²) in [7, 11) is 1.41. The molecule has 0 radical (unpaired) electrons. The third-order valence-corrected chi connectivity index (χ3v) is 4.53. The summed E-state index contributed by atoms with van der Waals surface area (Å²) in [6.07, 6.45) is -2.00. The average molecular weight is 378 g/mol. The first kappa shape index (κ1) is 20.9. The Kier molecular flexibility index (Phi) is 6.28. The van der Waals surface area contributed by atoms with Gasteiger partial charge in [0.1, 0.15) is 17.4 Å². The molecular weight excluding hydrogens is 352 g/mol. The van der Waals surface area contributed by atoms with E-state index in [0.29, 0.717) is 23.0 Å². The van der Waals surface area contributed by atoms with Gasteiger partial charge in [-0.05, 0) is 32.4 Å². The second kappa shape index (κ2) is 8.10. The number of rotatable bonds is 7. The predicted octanol–water partition coefficient (Wildman–Crippen LogP) is 2.56. The summed E-state index contributed by atoms with van der Waals surface area (Å²) in [5.74, 6) is -0.623. The number of ether oxygens (including phenoxy) is 2. The van der Waals surface area contributed by atoms with E-state index >= 15 is 0 Å². The molecule has 2 rings (SSSR count). The molecule has 1 aromatic heterocycles. The molecule has 7 nitrogen and oxygen atoms in total. The molecular formula is C20H26O7. The molecule has 0 saturated heterocycles. The number of methoxy groups -OCH3 is 1. The molecule has 0 bridgehead atoms. The molecule has 0 aliphatic carbocycles. The number of carbonyl (C=O) groups is 1. The molecule has 2 aromatic rings. The Morgan fingerprint density at radius 3 is 2.52 bits per heavy atom. The van der Waals surface area contributed by atoms with Crippen LogP contribution in [0.1, 0.15) is 45.8 Å². The van der Waals surface area contributed by atoms with E-state index < -0.39 is 29.4 Å². The lowest BCUT2D eigenvalue weighted by atomic mass is 9.91. The van der Waals surface area contributed by atoms with Gasteiger partial charge in [0, 0.05) is 23.1 Å². The van der Waals surface area contributed by atoms with Crippen LogP contribution in [0.4, 0.5) is 0 Å². The van der Waals surface area contributed by atoms with Crippen LogP contribution in [0.15, 0.2) is 33.5 Å². The third-order valence-electron chi connectivity index (χ3n) is 4.53. The van der Waals surface area contributed by atoms with Gasteiger partial charge in [-0.2, -0.15) is 0 Å². The van der Waals surface area contributed by atoms with Gasteiger partial charge in [-0.3, -0.25) is 4.79 Å². The van der Waals surface area contributed by atoms with Crippen molar-refractivity contribution in [3.05, 3.63) is 40.2 Å². The number of fused-ring (bicyclic) bond motifs is 1. The van der Waals surface area contributed by atoms with Crippen LogP contribution in [0.2, 0.25) is 0 Å². The summed E-state index contributed by atoms with van der Waals surface area (Å²) in [6.45, 7) is 6.48. The SMILES string of the molecule is CCC(C)C(=O)O[C@H]([C@H](O)c1cc2ccc(=O)oc2cc1OC)C(C)(C)O. The predicted molar refractivity (Wildman–Crippen MR) is 99.6 cm³/mol. The molecule has 7 heteroatoms. The topological polar surface area (TPSA) is 106 Å². The highest BCUT2D eigenvalue weighted by Gasteiger charge is 2.39. The maximum absolute atomic E-state index is 12.2. The summed E-state index contributed by atoms with van der Waals surface area (Å²) < 4.78 is 15.9. The maximum atomic E-state index is 12.2. The van der Waals surface area contributed by atoms with Crippen LogP contribution in [0.25, 0.3) is 11.0 Å². The van der Waals surface area contributed by atoms with E-state index in [9.17, 15) is 19.8 Å². The molecule has 1 heterocycles. The van der Waals surface area contributed by atoms with Crippen LogP contribution >= 0.6 is 0 Å². The van der Waals surface area contributed by atoms with Crippen LogP contribution in [0, 0.1) is 5.92 Å². The van der Waals surface area contributed by atoms with Crippen LogP contribution in [-0.2, 0) is 9.53 Å². The Bertz CT molecular complexity index is 863. The molecule has 148 valence electrons. The van der Waals surface area contributed by atoms with Gasteiger partial charge >= 0.3 is 11.6 Å². The summed E-state index contributed by atoms with van der Waals surface area (Å²) in [5.41, 5.74) is -1.41. The van der Waals surface area contributed by atoms with E-state index in [4.69, 9.17) is 13.9 Å². The Balaban J connectivity index is 2.50. The van der Waals surface area contributed by atoms with E-state index in [0.717, 1.165) is 0 Å². The van der Waals surface area contributed by atoms with Gasteiger partial charge in [-0.25, -0.2) is 4.79 Å². The van der Waals surface area contributed by atoms with Crippen LogP contribution in [0.3, 0.4) is 0 Å². The van der Waals surface area contributed by atoms with Gasteiger partial charge in [0.2, 0.25) is 0 Å². The molecule has 0 aliphatic rings. The summed E-state index contributed by atoms with van der Waals surface area (Å²) >= 11 is 0. The van der Waals surface area contributed by atoms with Gasteiger partial charge in [0.15, 0.2) is 6.10 Å². The molecule has 0 spiro atoms. The maximum Gasteiger partial charge on any atom is 0.336 e. The lowest BCUT2D eigenvalue weighted by molar-refractivity contribution is -0.180. The van der Waals surface area contributed by atoms with Crippen molar-refractivity contribution in [2.45, 2.75) is 51.9 Å². The fraction of sp³-hybridized carbons (Fsp3) is 0.500. The minimum Gasteiger partial charge on any atom is -0.496 e. The molecule has 1 aromatic carbocycles. The summed E-state index contributed by atoms with van der Waals surface area (Å²) in [6, 6.07) is 5.88. The first-order valence-electron chi connectivity index (χ1n) is 8.81. The first-order valence-corrected chi connectivity index (χ1v) is 8.81. The Labute approximate surface area is 157 Å². The van der Waals surface area contributed by atoms with Crippen LogP contribution in [-0.4, -0.2) is 35.0 Å². The number of hydrogen-bond donors (Lipinski definition) is 2. The number of aliphatic hydroxyl groups excluding tert-OH is 1. The molecule has 0 saturated carbocycles. The lowest BCUT2D eigenvalue weighted by Gasteiger charge is -2.34. The van der Waals surface area contributed by atoms with Gasteiger partial charge in [0.05, 0.1) is 18.6 Å². The zero-order valence-corrected chi connectivity index (χ0v) is 16.2. The standard InChI is InChI=1S/C20H26O7/c1-6-11(2)19(23)27-18(20(3,4)24)17(22)13-9-12-7-8-16(21)26-14(12)10-15(13)25-5/h7-11,17-18,22,24H,6H2,1-5H3/t11?,17-,18-/m1/s1. The number of esters is 1. The lowest BCUT2D eigenvalue weighted by Crippen LogP contribution is -2.44. The van der Waals surface area contributed by atoms with Gasteiger partial charge < -0.3 is 24.1 Å². The van der Waals surface area contributed by atoms with Crippen molar-refractivity contribution in [3.63, 3.8) is 0 Å². The molecule has 3 atom stereocenters. The minimum absolute atomic E-state index is 0.248. The largest absolute Gasteiger partial charge is 0.496 e. The second-order valence-corrected chi connectivity index (χ2v) is 7.15. The number of hydrogen-bond acceptors (Lipinski definition) is 7. The molecule has 0 aliphatic heterocycles. The summed E-state index contributed by atoms with van der Waals surface area (Å²) in [4.78, 5) is 23.7. The highest BCUT2D eigenvalue weighted by molar-refractivity contribution is 5.79. The zero-order valence-electron chi connectivity index (χ0n) is 16.2. The Hall–Kier alpha value is -2.38. The van der Waals surface area contributed by atoms with Gasteiger partial charge in [-0.1, -0.05) is 13.8 Å². The van der Waals surface area contributed by atoms with E-state index in [1.54, 1.807) is 19.1 Å². The fourth-order valence-electron chi connectivity index (χ4n) is 2.69. The quantitative estimate of drug-likeness (QED) is 0.563. The van der Waals surface area contributed by atoms with Crippen molar-refractivity contribution in [2.75, 3.05) is 7.11 Å². The minimum atomic E-state index is -1.51. The number of aliphatic hydroxyl groups is 2. The average Bonchev–Trinajstić information content (AvgIpc) is 2.62. The number of benzene rings is 1. The number of carbonyl (C=O) groups excluding carboxylic acids is 1. The van der Waals surface area contributed by atoms with Crippen molar-refractivity contribution in [1.82, 2.24) is 0 Å². The normalized spacial score (nSPS) is 15.2.